The molecule has 0 aromatic carbocycles. The van der Waals surface area contributed by atoms with E-state index < -0.39 is 0 Å². The summed E-state index contributed by atoms with van der Waals surface area (Å²) in [4.78, 5) is 0. The van der Waals surface area contributed by atoms with Gasteiger partial charge in [-0.15, -0.1) is 6.42 Å². The van der Waals surface area contributed by atoms with Crippen molar-refractivity contribution in [2.75, 3.05) is 0 Å². The average molecular weight is 148 g/mol. The van der Waals surface area contributed by atoms with Crippen LogP contribution in [0, 0.1) is 36.0 Å². The fraction of sp³-hybridized carbons (Fsp3) is 0.455. The lowest BCUT2D eigenvalue weighted by atomic mass is 10.5. The molecule has 0 unspecified atom stereocenters. The van der Waals surface area contributed by atoms with Crippen LogP contribution in [0.3, 0.4) is 0 Å². The highest BCUT2D eigenvalue weighted by molar-refractivity contribution is 5.33. The van der Waals surface area contributed by atoms with Gasteiger partial charge in [-0.2, -0.15) is 0 Å². The number of rotatable bonds is 0. The van der Waals surface area contributed by atoms with Crippen molar-refractivity contribution in [2.45, 2.75) is 34.6 Å². The monoisotopic (exact) mass is 148 g/mol. The number of hydrogen-bond acceptors (Lipinski definition) is 0. The van der Waals surface area contributed by atoms with E-state index in [-0.39, 0.29) is 7.43 Å². The molecule has 0 nitrogen and oxygen atoms in total. The van der Waals surface area contributed by atoms with Gasteiger partial charge in [0.05, 0.1) is 0 Å². The van der Waals surface area contributed by atoms with E-state index in [4.69, 9.17) is 6.42 Å². The van der Waals surface area contributed by atoms with Crippen LogP contribution in [-0.2, 0) is 0 Å². The van der Waals surface area contributed by atoms with E-state index >= 15 is 0 Å². The van der Waals surface area contributed by atoms with Crippen molar-refractivity contribution in [3.63, 3.8) is 0 Å². The van der Waals surface area contributed by atoms with E-state index in [0.29, 0.717) is 0 Å². The summed E-state index contributed by atoms with van der Waals surface area (Å²) in [7, 11) is 0. The Bertz CT molecular complexity index is 194. The van der Waals surface area contributed by atoms with Crippen molar-refractivity contribution in [3.8, 4) is 36.0 Å². The standard InChI is InChI=1S/C7H4.C3H8.CH4/c1-3-5-7-6-4-2;1-3-2;/h1H,2H3;3H2,1-2H3;1H4. The summed E-state index contributed by atoms with van der Waals surface area (Å²) < 4.78 is 0. The molecule has 0 fully saturated rings. The zero-order chi connectivity index (χ0) is 8.24. The maximum Gasteiger partial charge on any atom is -0.00108 e. The Hall–Kier alpha value is -1.32. The Morgan fingerprint density at radius 1 is 1.09 bits per heavy atom. The van der Waals surface area contributed by atoms with Crippen molar-refractivity contribution in [1.29, 1.82) is 0 Å². The van der Waals surface area contributed by atoms with Crippen LogP contribution in [-0.4, -0.2) is 0 Å². The molecule has 0 rings (SSSR count). The Balaban J connectivity index is -0.000000140. The van der Waals surface area contributed by atoms with Gasteiger partial charge in [0.1, 0.15) is 0 Å². The summed E-state index contributed by atoms with van der Waals surface area (Å²) in [5, 5.41) is 0. The van der Waals surface area contributed by atoms with Crippen molar-refractivity contribution in [3.05, 3.63) is 0 Å². The van der Waals surface area contributed by atoms with Crippen LogP contribution in [0.1, 0.15) is 34.6 Å². The molecule has 0 radical (unpaired) electrons. The summed E-state index contributed by atoms with van der Waals surface area (Å²) in [5.74, 6) is 12.0. The van der Waals surface area contributed by atoms with Crippen molar-refractivity contribution in [2.24, 2.45) is 0 Å². The molecule has 60 valence electrons. The molecule has 0 aromatic heterocycles. The van der Waals surface area contributed by atoms with E-state index in [1.165, 1.54) is 6.42 Å². The predicted molar refractivity (Wildman–Crippen MR) is 52.8 cm³/mol. The van der Waals surface area contributed by atoms with Crippen molar-refractivity contribution in [1.82, 2.24) is 0 Å². The molecule has 11 heavy (non-hydrogen) atoms. The summed E-state index contributed by atoms with van der Waals surface area (Å²) >= 11 is 0. The highest BCUT2D eigenvalue weighted by Crippen LogP contribution is 1.56. The van der Waals surface area contributed by atoms with Crippen LogP contribution in [0.25, 0.3) is 0 Å². The van der Waals surface area contributed by atoms with E-state index in [2.05, 4.69) is 43.4 Å². The van der Waals surface area contributed by atoms with Gasteiger partial charge >= 0.3 is 0 Å². The van der Waals surface area contributed by atoms with Gasteiger partial charge < -0.3 is 0 Å². The van der Waals surface area contributed by atoms with Gasteiger partial charge in [0.15, 0.2) is 0 Å². The Morgan fingerprint density at radius 3 is 1.82 bits per heavy atom. The fourth-order valence-electron chi connectivity index (χ4n) is 0.130. The fourth-order valence-corrected chi connectivity index (χ4v) is 0.130. The Labute approximate surface area is 71.4 Å². The lowest BCUT2D eigenvalue weighted by Crippen LogP contribution is -1.46. The zero-order valence-electron chi connectivity index (χ0n) is 6.78. The van der Waals surface area contributed by atoms with Gasteiger partial charge in [0.2, 0.25) is 0 Å². The van der Waals surface area contributed by atoms with Gasteiger partial charge in [0, 0.05) is 0 Å². The third-order valence-electron chi connectivity index (χ3n) is 0.322. The van der Waals surface area contributed by atoms with Gasteiger partial charge in [-0.25, -0.2) is 0 Å². The number of hydrogen-bond donors (Lipinski definition) is 0. The Kier molecular flexibility index (Phi) is 34.7. The van der Waals surface area contributed by atoms with Crippen LogP contribution in [0.4, 0.5) is 0 Å². The predicted octanol–water partition coefficient (Wildman–Crippen LogP) is 2.70. The first-order chi connectivity index (χ1) is 4.83. The lowest BCUT2D eigenvalue weighted by molar-refractivity contribution is 1.09. The first-order valence-electron chi connectivity index (χ1n) is 3.20. The van der Waals surface area contributed by atoms with Crippen LogP contribution in [0.5, 0.6) is 0 Å². The smallest absolute Gasteiger partial charge is 0.00108 e. The molecule has 0 aliphatic carbocycles. The quantitative estimate of drug-likeness (QED) is 0.463. The second kappa shape index (κ2) is 23.4. The third-order valence-corrected chi connectivity index (χ3v) is 0.322. The van der Waals surface area contributed by atoms with Crippen molar-refractivity contribution < 1.29 is 0 Å². The molecule has 0 bridgehead atoms. The molecule has 0 atom stereocenters. The molecule has 0 heterocycles. The van der Waals surface area contributed by atoms with Gasteiger partial charge in [-0.05, 0) is 30.6 Å². The molecule has 0 aromatic rings. The molecule has 0 N–H and O–H groups in total. The number of terminal acetylenes is 1. The molecule has 0 saturated carbocycles. The lowest BCUT2D eigenvalue weighted by Gasteiger charge is -1.49. The molecule has 0 saturated heterocycles. The van der Waals surface area contributed by atoms with Crippen molar-refractivity contribution >= 4 is 0 Å². The zero-order valence-corrected chi connectivity index (χ0v) is 6.78. The van der Waals surface area contributed by atoms with Crippen LogP contribution in [0.15, 0.2) is 0 Å². The Morgan fingerprint density at radius 2 is 1.55 bits per heavy atom. The summed E-state index contributed by atoms with van der Waals surface area (Å²) in [5.41, 5.74) is 0. The molecule has 0 aliphatic heterocycles. The molecule has 0 aliphatic rings. The third kappa shape index (κ3) is 53.9. The van der Waals surface area contributed by atoms with Crippen LogP contribution in [0.2, 0.25) is 0 Å². The second-order valence-corrected chi connectivity index (χ2v) is 1.48. The van der Waals surface area contributed by atoms with Crippen LogP contribution >= 0.6 is 0 Å². The topological polar surface area (TPSA) is 0 Å². The molecule has 0 spiro atoms. The minimum atomic E-state index is 0. The minimum Gasteiger partial charge on any atom is -0.106 e. The highest BCUT2D eigenvalue weighted by Gasteiger charge is 1.45. The van der Waals surface area contributed by atoms with Gasteiger partial charge in [-0.3, -0.25) is 0 Å². The normalized spacial score (nSPS) is 3.82. The highest BCUT2D eigenvalue weighted by atomic mass is 13.5. The van der Waals surface area contributed by atoms with E-state index in [1.807, 2.05) is 0 Å². The van der Waals surface area contributed by atoms with E-state index in [1.54, 1.807) is 6.92 Å². The van der Waals surface area contributed by atoms with E-state index in [9.17, 15) is 0 Å². The first-order valence-corrected chi connectivity index (χ1v) is 3.20. The maximum absolute atomic E-state index is 4.78. The van der Waals surface area contributed by atoms with E-state index in [0.717, 1.165) is 0 Å². The SMILES string of the molecule is C.C#CC#CC#CC.CCC. The molecular weight excluding hydrogens is 132 g/mol. The second-order valence-electron chi connectivity index (χ2n) is 1.48. The summed E-state index contributed by atoms with van der Waals surface area (Å²) in [6.07, 6.45) is 6.03. The maximum atomic E-state index is 4.78. The molecule has 0 heteroatoms. The average Bonchev–Trinajstić information content (AvgIpc) is 1.91. The molecular formula is C11H16. The van der Waals surface area contributed by atoms with Crippen LogP contribution < -0.4 is 0 Å². The summed E-state index contributed by atoms with van der Waals surface area (Å²) in [6, 6.07) is 0. The first kappa shape index (κ1) is 16.3. The molecule has 0 amide bonds. The van der Waals surface area contributed by atoms with Gasteiger partial charge in [0.25, 0.3) is 0 Å². The summed E-state index contributed by atoms with van der Waals surface area (Å²) in [6.45, 7) is 5.96. The van der Waals surface area contributed by atoms with Gasteiger partial charge in [-0.1, -0.05) is 33.6 Å². The largest absolute Gasteiger partial charge is 0.106 e. The minimum absolute atomic E-state index is 0.